The molecule has 7 nitrogen and oxygen atoms in total. The van der Waals surface area contributed by atoms with E-state index >= 15 is 0 Å². The summed E-state index contributed by atoms with van der Waals surface area (Å²) in [6.07, 6.45) is 2.29. The van der Waals surface area contributed by atoms with Gasteiger partial charge >= 0.3 is 0 Å². The number of anilines is 1. The van der Waals surface area contributed by atoms with Gasteiger partial charge < -0.3 is 9.73 Å². The number of carbonyl (C=O) groups is 1. The van der Waals surface area contributed by atoms with Crippen LogP contribution in [0.15, 0.2) is 34.9 Å². The van der Waals surface area contributed by atoms with Crippen molar-refractivity contribution in [3.63, 3.8) is 0 Å². The van der Waals surface area contributed by atoms with Crippen LogP contribution in [-0.2, 0) is 21.1 Å². The van der Waals surface area contributed by atoms with Gasteiger partial charge in [0, 0.05) is 17.0 Å². The number of fused-ring (bicyclic) bond motifs is 1. The fourth-order valence-electron chi connectivity index (χ4n) is 3.54. The molecule has 0 saturated carbocycles. The molecule has 1 aliphatic heterocycles. The van der Waals surface area contributed by atoms with Crippen molar-refractivity contribution < 1.29 is 17.6 Å². The lowest BCUT2D eigenvalue weighted by molar-refractivity contribution is -0.115. The summed E-state index contributed by atoms with van der Waals surface area (Å²) in [5, 5.41) is 8.18. The van der Waals surface area contributed by atoms with Crippen LogP contribution in [0.3, 0.4) is 0 Å². The molecule has 1 unspecified atom stereocenters. The topological polar surface area (TPSA) is 94.2 Å². The number of benzene rings is 1. The summed E-state index contributed by atoms with van der Waals surface area (Å²) in [7, 11) is -3.03. The molecule has 1 aromatic carbocycles. The summed E-state index contributed by atoms with van der Waals surface area (Å²) in [6.45, 7) is 3.81. The van der Waals surface area contributed by atoms with Crippen LogP contribution in [0.1, 0.15) is 29.3 Å². The zero-order valence-corrected chi connectivity index (χ0v) is 16.0. The van der Waals surface area contributed by atoms with E-state index < -0.39 is 9.84 Å². The third-order valence-electron chi connectivity index (χ3n) is 4.84. The fourth-order valence-corrected chi connectivity index (χ4v) is 5.24. The average molecular weight is 387 g/mol. The Morgan fingerprint density at radius 3 is 2.89 bits per heavy atom. The number of nitrogens with zero attached hydrogens (tertiary/aromatic N) is 2. The molecule has 3 aromatic rings. The zero-order valence-electron chi connectivity index (χ0n) is 15.2. The minimum absolute atomic E-state index is 0.0582. The van der Waals surface area contributed by atoms with E-state index in [0.717, 1.165) is 27.8 Å². The molecule has 1 aliphatic rings. The highest BCUT2D eigenvalue weighted by Crippen LogP contribution is 2.28. The van der Waals surface area contributed by atoms with E-state index in [9.17, 15) is 13.2 Å². The molecule has 0 aliphatic carbocycles. The molecule has 0 bridgehead atoms. The molecule has 0 radical (unpaired) electrons. The van der Waals surface area contributed by atoms with E-state index in [2.05, 4.69) is 10.4 Å². The van der Waals surface area contributed by atoms with Crippen molar-refractivity contribution >= 4 is 32.5 Å². The first-order valence-electron chi connectivity index (χ1n) is 8.84. The lowest BCUT2D eigenvalue weighted by Gasteiger charge is -2.13. The summed E-state index contributed by atoms with van der Waals surface area (Å²) in [6, 6.07) is 7.40. The summed E-state index contributed by atoms with van der Waals surface area (Å²) >= 11 is 0. The monoisotopic (exact) mass is 387 g/mol. The summed E-state index contributed by atoms with van der Waals surface area (Å²) in [5.74, 6) is 0.552. The van der Waals surface area contributed by atoms with Crippen LogP contribution in [-0.4, -0.2) is 35.6 Å². The predicted octanol–water partition coefficient (Wildman–Crippen LogP) is 2.79. The highest BCUT2D eigenvalue weighted by Gasteiger charge is 2.31. The molecule has 1 saturated heterocycles. The van der Waals surface area contributed by atoms with Crippen molar-refractivity contribution in [2.24, 2.45) is 0 Å². The number of nitrogens with one attached hydrogen (secondary N) is 1. The maximum Gasteiger partial charge on any atom is 0.230 e. The molecule has 1 N–H and O–H groups in total. The second kappa shape index (κ2) is 6.53. The molecule has 3 heterocycles. The molecule has 1 amide bonds. The normalized spacial score (nSPS) is 18.8. The predicted molar refractivity (Wildman–Crippen MR) is 103 cm³/mol. The van der Waals surface area contributed by atoms with E-state index in [1.807, 2.05) is 32.0 Å². The number of furan rings is 1. The van der Waals surface area contributed by atoms with E-state index in [4.69, 9.17) is 4.42 Å². The van der Waals surface area contributed by atoms with Gasteiger partial charge in [0.1, 0.15) is 11.4 Å². The smallest absolute Gasteiger partial charge is 0.230 e. The number of aryl methyl sites for hydroxylation is 2. The lowest BCUT2D eigenvalue weighted by atomic mass is 10.1. The number of aromatic nitrogens is 2. The SMILES string of the molecule is Cc1ccc2c(CC(=O)Nc3cc(C)nn3C3CCS(=O)(=O)C3)coc2c1. The third-order valence-corrected chi connectivity index (χ3v) is 6.59. The Labute approximate surface area is 157 Å². The van der Waals surface area contributed by atoms with Crippen molar-refractivity contribution in [1.82, 2.24) is 9.78 Å². The largest absolute Gasteiger partial charge is 0.464 e. The average Bonchev–Trinajstić information content (AvgIpc) is 3.25. The zero-order chi connectivity index (χ0) is 19.2. The molecule has 1 fully saturated rings. The molecule has 8 heteroatoms. The maximum absolute atomic E-state index is 12.6. The summed E-state index contributed by atoms with van der Waals surface area (Å²) < 4.78 is 30.7. The van der Waals surface area contributed by atoms with Gasteiger partial charge in [0.25, 0.3) is 0 Å². The number of hydrogen-bond donors (Lipinski definition) is 1. The van der Waals surface area contributed by atoms with Gasteiger partial charge in [-0.3, -0.25) is 4.79 Å². The minimum Gasteiger partial charge on any atom is -0.464 e. The van der Waals surface area contributed by atoms with E-state index in [0.29, 0.717) is 12.2 Å². The van der Waals surface area contributed by atoms with Crippen molar-refractivity contribution in [1.29, 1.82) is 0 Å². The van der Waals surface area contributed by atoms with Gasteiger partial charge in [0.2, 0.25) is 5.91 Å². The molecule has 27 heavy (non-hydrogen) atoms. The van der Waals surface area contributed by atoms with Crippen LogP contribution in [0.25, 0.3) is 11.0 Å². The van der Waals surface area contributed by atoms with Gasteiger partial charge in [0.05, 0.1) is 35.9 Å². The van der Waals surface area contributed by atoms with Crippen molar-refractivity contribution in [3.05, 3.63) is 47.3 Å². The van der Waals surface area contributed by atoms with Crippen molar-refractivity contribution in [3.8, 4) is 0 Å². The highest BCUT2D eigenvalue weighted by atomic mass is 32.2. The molecule has 4 rings (SSSR count). The summed E-state index contributed by atoms with van der Waals surface area (Å²) in [5.41, 5.74) is 3.40. The quantitative estimate of drug-likeness (QED) is 0.743. The Hall–Kier alpha value is -2.61. The van der Waals surface area contributed by atoms with Crippen molar-refractivity contribution in [2.45, 2.75) is 32.7 Å². The highest BCUT2D eigenvalue weighted by molar-refractivity contribution is 7.91. The maximum atomic E-state index is 12.6. The number of hydrogen-bond acceptors (Lipinski definition) is 5. The van der Waals surface area contributed by atoms with Crippen LogP contribution < -0.4 is 5.32 Å². The Kier molecular flexibility index (Phi) is 4.30. The lowest BCUT2D eigenvalue weighted by Crippen LogP contribution is -2.20. The van der Waals surface area contributed by atoms with Crippen molar-refractivity contribution in [2.75, 3.05) is 16.8 Å². The Morgan fingerprint density at radius 2 is 2.15 bits per heavy atom. The van der Waals surface area contributed by atoms with Gasteiger partial charge in [-0.1, -0.05) is 12.1 Å². The van der Waals surface area contributed by atoms with E-state index in [1.165, 1.54) is 0 Å². The van der Waals surface area contributed by atoms with Gasteiger partial charge in [-0.2, -0.15) is 5.10 Å². The van der Waals surface area contributed by atoms with Crippen LogP contribution >= 0.6 is 0 Å². The number of amides is 1. The van der Waals surface area contributed by atoms with Gasteiger partial charge in [-0.25, -0.2) is 13.1 Å². The third kappa shape index (κ3) is 3.62. The van der Waals surface area contributed by atoms with Gasteiger partial charge in [-0.15, -0.1) is 0 Å². The van der Waals surface area contributed by atoms with Crippen LogP contribution in [0, 0.1) is 13.8 Å². The Bertz CT molecular complexity index is 1130. The first-order valence-corrected chi connectivity index (χ1v) is 10.7. The molecule has 0 spiro atoms. The molecule has 2 aromatic heterocycles. The summed E-state index contributed by atoms with van der Waals surface area (Å²) in [4.78, 5) is 12.6. The molecule has 142 valence electrons. The van der Waals surface area contributed by atoms with Crippen LogP contribution in [0.2, 0.25) is 0 Å². The van der Waals surface area contributed by atoms with E-state index in [1.54, 1.807) is 17.0 Å². The standard InChI is InChI=1S/C19H21N3O4S/c1-12-3-4-16-14(10-26-17(16)7-12)9-19(23)20-18-8-13(2)21-22(18)15-5-6-27(24,25)11-15/h3-4,7-8,10,15H,5-6,9,11H2,1-2H3,(H,20,23). The van der Waals surface area contributed by atoms with Gasteiger partial charge in [-0.05, 0) is 31.9 Å². The van der Waals surface area contributed by atoms with Gasteiger partial charge in [0.15, 0.2) is 9.84 Å². The number of sulfone groups is 1. The van der Waals surface area contributed by atoms with Crippen LogP contribution in [0.4, 0.5) is 5.82 Å². The first kappa shape index (κ1) is 17.8. The first-order chi connectivity index (χ1) is 12.8. The second-order valence-corrected chi connectivity index (χ2v) is 9.39. The molecular formula is C19H21N3O4S. The fraction of sp³-hybridized carbons (Fsp3) is 0.368. The molecular weight excluding hydrogens is 366 g/mol. The number of carbonyl (C=O) groups excluding carboxylic acids is 1. The minimum atomic E-state index is -3.03. The van der Waals surface area contributed by atoms with Crippen LogP contribution in [0.5, 0.6) is 0 Å². The van der Waals surface area contributed by atoms with E-state index in [-0.39, 0.29) is 29.9 Å². The second-order valence-electron chi connectivity index (χ2n) is 7.16. The Balaban J connectivity index is 1.53. The number of rotatable bonds is 4. The Morgan fingerprint density at radius 1 is 1.33 bits per heavy atom. The molecule has 1 atom stereocenters.